The molecule has 2 atom stereocenters. The number of nitrogens with zero attached hydrogens (tertiary/aromatic N) is 1. The molecule has 0 rings (SSSR count). The summed E-state index contributed by atoms with van der Waals surface area (Å²) in [6, 6.07) is 0. The monoisotopic (exact) mass is 1250 g/mol. The van der Waals surface area contributed by atoms with Crippen LogP contribution in [0, 0.1) is 0 Å². The average Bonchev–Trinajstić information content (AvgIpc) is 3.50. The molecule has 0 radical (unpaired) electrons. The van der Waals surface area contributed by atoms with E-state index < -0.39 is 26.5 Å². The van der Waals surface area contributed by atoms with Crippen LogP contribution in [0.3, 0.4) is 0 Å². The van der Waals surface area contributed by atoms with Crippen LogP contribution in [-0.2, 0) is 32.7 Å². The predicted molar refractivity (Wildman–Crippen MR) is 377 cm³/mol. The number of carbonyl (C=O) groups excluding carboxylic acids is 2. The van der Waals surface area contributed by atoms with Crippen LogP contribution in [-0.4, -0.2) is 74.9 Å². The highest BCUT2D eigenvalue weighted by Gasteiger charge is 2.27. The van der Waals surface area contributed by atoms with Gasteiger partial charge in [-0.1, -0.05) is 364 Å². The van der Waals surface area contributed by atoms with Crippen molar-refractivity contribution in [3.63, 3.8) is 0 Å². The van der Waals surface area contributed by atoms with Gasteiger partial charge in [-0.25, -0.2) is 4.57 Å². The molecule has 0 aromatic carbocycles. The average molecular weight is 1250 g/mol. The van der Waals surface area contributed by atoms with Gasteiger partial charge in [0.1, 0.15) is 19.8 Å². The molecular formula is C77H147NO8P+. The Morgan fingerprint density at radius 1 is 0.368 bits per heavy atom. The van der Waals surface area contributed by atoms with Crippen molar-refractivity contribution in [3.8, 4) is 0 Å². The van der Waals surface area contributed by atoms with Gasteiger partial charge in [0.05, 0.1) is 27.7 Å². The minimum Gasteiger partial charge on any atom is -0.462 e. The number of rotatable bonds is 71. The molecule has 0 bridgehead atoms. The highest BCUT2D eigenvalue weighted by Crippen LogP contribution is 2.43. The van der Waals surface area contributed by atoms with Gasteiger partial charge in [-0.15, -0.1) is 0 Å². The van der Waals surface area contributed by atoms with Gasteiger partial charge in [-0.05, 0) is 51.4 Å². The van der Waals surface area contributed by atoms with Crippen LogP contribution in [0.1, 0.15) is 380 Å². The standard InChI is InChI=1S/C77H146NO8P/c1-6-8-10-12-14-16-18-20-22-24-26-28-30-32-34-36-38-39-40-42-44-46-48-50-52-54-56-58-60-62-64-66-68-70-77(80)86-75(74-85-87(81,82)84-72-71-78(3,4)5)73-83-76(79)69-67-65-63-61-59-57-55-53-51-49-47-45-43-41-37-35-33-31-29-27-25-23-21-19-17-15-13-11-9-7-2/h8,10,14,16,20,22,26,28,75H,6-7,9,11-13,15,17-19,21,23-25,27,29-74H2,1-5H3/p+1/b10-8-,16-14-,22-20-,28-26-. The van der Waals surface area contributed by atoms with Crippen molar-refractivity contribution in [3.05, 3.63) is 48.6 Å². The van der Waals surface area contributed by atoms with Gasteiger partial charge in [0, 0.05) is 12.8 Å². The largest absolute Gasteiger partial charge is 0.472 e. The second-order valence-electron chi connectivity index (χ2n) is 27.0. The minimum absolute atomic E-state index is 0.0347. The number of esters is 2. The van der Waals surface area contributed by atoms with E-state index in [9.17, 15) is 19.0 Å². The third-order valence-electron chi connectivity index (χ3n) is 17.1. The molecule has 0 saturated heterocycles. The molecular weight excluding hydrogens is 1100 g/mol. The molecule has 2 unspecified atom stereocenters. The molecule has 0 amide bonds. The highest BCUT2D eigenvalue weighted by molar-refractivity contribution is 7.47. The molecule has 0 aromatic heterocycles. The maximum Gasteiger partial charge on any atom is 0.472 e. The number of phosphoric acid groups is 1. The SMILES string of the molecule is CC/C=C\C/C=C\C/C=C\C/C=C\CCCCCCCCCCCCCCCCCCCCCCC(=O)OC(COC(=O)CCCCCCCCCCCCCCCCCCCCCCCCCCCCCCCC)COP(=O)(O)OCC[N+](C)(C)C. The fraction of sp³-hybridized carbons (Fsp3) is 0.870. The van der Waals surface area contributed by atoms with Gasteiger partial charge < -0.3 is 18.9 Å². The van der Waals surface area contributed by atoms with Crippen LogP contribution in [0.25, 0.3) is 0 Å². The fourth-order valence-corrected chi connectivity index (χ4v) is 12.1. The lowest BCUT2D eigenvalue weighted by Gasteiger charge is -2.24. The Bertz CT molecular complexity index is 1610. The Kier molecular flexibility index (Phi) is 66.7. The van der Waals surface area contributed by atoms with Crippen LogP contribution in [0.2, 0.25) is 0 Å². The smallest absolute Gasteiger partial charge is 0.462 e. The van der Waals surface area contributed by atoms with Gasteiger partial charge in [0.2, 0.25) is 0 Å². The summed E-state index contributed by atoms with van der Waals surface area (Å²) in [4.78, 5) is 35.9. The maximum absolute atomic E-state index is 12.9. The summed E-state index contributed by atoms with van der Waals surface area (Å²) in [5.41, 5.74) is 0. The molecule has 87 heavy (non-hydrogen) atoms. The van der Waals surface area contributed by atoms with Gasteiger partial charge in [-0.2, -0.15) is 0 Å². The zero-order valence-corrected chi connectivity index (χ0v) is 59.4. The van der Waals surface area contributed by atoms with Gasteiger partial charge in [-0.3, -0.25) is 18.6 Å². The first-order chi connectivity index (χ1) is 42.5. The first-order valence-electron chi connectivity index (χ1n) is 37.9. The van der Waals surface area contributed by atoms with Gasteiger partial charge in [0.25, 0.3) is 0 Å². The number of unbranched alkanes of at least 4 members (excludes halogenated alkanes) is 49. The lowest BCUT2D eigenvalue weighted by Crippen LogP contribution is -2.37. The fourth-order valence-electron chi connectivity index (χ4n) is 11.4. The molecule has 10 heteroatoms. The Labute approximate surface area is 541 Å². The van der Waals surface area contributed by atoms with Gasteiger partial charge in [0.15, 0.2) is 6.10 Å². The van der Waals surface area contributed by atoms with E-state index in [1.807, 2.05) is 21.1 Å². The molecule has 0 fully saturated rings. The van der Waals surface area contributed by atoms with E-state index in [0.29, 0.717) is 23.9 Å². The van der Waals surface area contributed by atoms with Crippen LogP contribution >= 0.6 is 7.82 Å². The van der Waals surface area contributed by atoms with Crippen molar-refractivity contribution < 1.29 is 42.1 Å². The van der Waals surface area contributed by atoms with Crippen molar-refractivity contribution >= 4 is 19.8 Å². The summed E-state index contributed by atoms with van der Waals surface area (Å²) >= 11 is 0. The first kappa shape index (κ1) is 85.0. The maximum atomic E-state index is 12.9. The van der Waals surface area contributed by atoms with Crippen molar-refractivity contribution in [2.24, 2.45) is 0 Å². The Morgan fingerprint density at radius 2 is 0.655 bits per heavy atom. The predicted octanol–water partition coefficient (Wildman–Crippen LogP) is 24.8. The third-order valence-corrected chi connectivity index (χ3v) is 18.1. The summed E-state index contributed by atoms with van der Waals surface area (Å²) in [5.74, 6) is -0.773. The topological polar surface area (TPSA) is 108 Å². The van der Waals surface area contributed by atoms with E-state index in [0.717, 1.165) is 57.8 Å². The first-order valence-corrected chi connectivity index (χ1v) is 39.4. The number of quaternary nitrogens is 1. The van der Waals surface area contributed by atoms with E-state index in [2.05, 4.69) is 62.5 Å². The Balaban J connectivity index is 3.94. The van der Waals surface area contributed by atoms with Crippen LogP contribution < -0.4 is 0 Å². The molecule has 0 aliphatic carbocycles. The van der Waals surface area contributed by atoms with Gasteiger partial charge >= 0.3 is 19.8 Å². The molecule has 1 N–H and O–H groups in total. The number of ether oxygens (including phenoxy) is 2. The minimum atomic E-state index is -4.39. The molecule has 512 valence electrons. The zero-order valence-electron chi connectivity index (χ0n) is 58.5. The molecule has 0 spiro atoms. The summed E-state index contributed by atoms with van der Waals surface area (Å²) in [6.07, 6.45) is 89.6. The normalized spacial score (nSPS) is 13.3. The number of phosphoric ester groups is 1. The van der Waals surface area contributed by atoms with E-state index in [4.69, 9.17) is 18.5 Å². The highest BCUT2D eigenvalue weighted by atomic mass is 31.2. The van der Waals surface area contributed by atoms with Crippen molar-refractivity contribution in [2.45, 2.75) is 386 Å². The number of carbonyl (C=O) groups is 2. The van der Waals surface area contributed by atoms with E-state index in [1.54, 1.807) is 0 Å². The molecule has 0 aromatic rings. The summed E-state index contributed by atoms with van der Waals surface area (Å²) in [5, 5.41) is 0. The lowest BCUT2D eigenvalue weighted by atomic mass is 10.0. The van der Waals surface area contributed by atoms with Crippen LogP contribution in [0.5, 0.6) is 0 Å². The quantitative estimate of drug-likeness (QED) is 0.0211. The molecule has 0 heterocycles. The van der Waals surface area contributed by atoms with Crippen LogP contribution in [0.4, 0.5) is 0 Å². The second kappa shape index (κ2) is 68.3. The number of hydrogen-bond acceptors (Lipinski definition) is 7. The second-order valence-corrected chi connectivity index (χ2v) is 28.5. The molecule has 9 nitrogen and oxygen atoms in total. The number of likely N-dealkylation sites (N-methyl/N-ethyl adjacent to an activating group) is 1. The van der Waals surface area contributed by atoms with Crippen LogP contribution in [0.15, 0.2) is 48.6 Å². The Hall–Kier alpha value is -2.03. The summed E-state index contributed by atoms with van der Waals surface area (Å²) in [7, 11) is 1.50. The van der Waals surface area contributed by atoms with Crippen molar-refractivity contribution in [1.29, 1.82) is 0 Å². The third kappa shape index (κ3) is 72.9. The number of allylic oxidation sites excluding steroid dienone is 8. The zero-order chi connectivity index (χ0) is 63.4. The molecule has 0 saturated carbocycles. The summed E-state index contributed by atoms with van der Waals surface area (Å²) < 4.78 is 34.8. The van der Waals surface area contributed by atoms with Crippen molar-refractivity contribution in [2.75, 3.05) is 47.5 Å². The molecule has 0 aliphatic rings. The van der Waals surface area contributed by atoms with E-state index in [-0.39, 0.29) is 25.6 Å². The lowest BCUT2D eigenvalue weighted by molar-refractivity contribution is -0.870. The van der Waals surface area contributed by atoms with E-state index in [1.165, 1.54) is 289 Å². The molecule has 0 aliphatic heterocycles. The van der Waals surface area contributed by atoms with Crippen molar-refractivity contribution in [1.82, 2.24) is 0 Å². The summed E-state index contributed by atoms with van der Waals surface area (Å²) in [6.45, 7) is 4.40. The van der Waals surface area contributed by atoms with E-state index >= 15 is 0 Å². The Morgan fingerprint density at radius 3 is 0.977 bits per heavy atom. The number of hydrogen-bond donors (Lipinski definition) is 1.